The average Bonchev–Trinajstić information content (AvgIpc) is 3.11. The van der Waals surface area contributed by atoms with Crippen LogP contribution in [0.15, 0.2) is 42.9 Å². The van der Waals surface area contributed by atoms with Gasteiger partial charge in [0.25, 0.3) is 0 Å². The number of methoxy groups -OCH3 is 1. The minimum Gasteiger partial charge on any atom is -0.416 e. The largest absolute Gasteiger partial charge is 0.416 e. The van der Waals surface area contributed by atoms with Crippen molar-refractivity contribution in [2.24, 2.45) is 0 Å². The van der Waals surface area contributed by atoms with E-state index in [-0.39, 0.29) is 5.88 Å². The lowest BCUT2D eigenvalue weighted by atomic mass is 10.1. The van der Waals surface area contributed by atoms with Crippen LogP contribution < -0.4 is 4.74 Å². The molecule has 3 aromatic rings. The van der Waals surface area contributed by atoms with Gasteiger partial charge >= 0.3 is 6.61 Å². The van der Waals surface area contributed by atoms with Crippen LogP contribution >= 0.6 is 11.6 Å². The first kappa shape index (κ1) is 21.7. The summed E-state index contributed by atoms with van der Waals surface area (Å²) in [6.45, 7) is 1.70. The van der Waals surface area contributed by atoms with E-state index in [1.165, 1.54) is 6.20 Å². The van der Waals surface area contributed by atoms with Crippen molar-refractivity contribution in [3.8, 4) is 17.0 Å². The van der Waals surface area contributed by atoms with Gasteiger partial charge in [-0.15, -0.1) is 0 Å². The zero-order valence-corrected chi connectivity index (χ0v) is 16.5. The zero-order chi connectivity index (χ0) is 20.5. The molecule has 0 saturated heterocycles. The Labute approximate surface area is 167 Å². The second-order valence-electron chi connectivity index (χ2n) is 5.38. The van der Waals surface area contributed by atoms with E-state index in [1.807, 2.05) is 13.8 Å². The van der Waals surface area contributed by atoms with E-state index in [1.54, 1.807) is 48.5 Å². The Hall–Kier alpha value is -2.58. The summed E-state index contributed by atoms with van der Waals surface area (Å²) in [6.07, 6.45) is 3.03. The molecule has 2 aromatic heterocycles. The molecule has 28 heavy (non-hydrogen) atoms. The van der Waals surface area contributed by atoms with Gasteiger partial charge < -0.3 is 9.47 Å². The van der Waals surface area contributed by atoms with Gasteiger partial charge in [0.15, 0.2) is 5.82 Å². The van der Waals surface area contributed by atoms with E-state index in [4.69, 9.17) is 16.3 Å². The molecule has 0 saturated carbocycles. The maximum Gasteiger partial charge on any atom is 0.388 e. The van der Waals surface area contributed by atoms with Crippen LogP contribution in [-0.2, 0) is 17.9 Å². The van der Waals surface area contributed by atoms with Crippen molar-refractivity contribution in [3.05, 3.63) is 59.3 Å². The first-order valence-corrected chi connectivity index (χ1v) is 9.00. The van der Waals surface area contributed by atoms with Gasteiger partial charge in [-0.2, -0.15) is 13.9 Å². The summed E-state index contributed by atoms with van der Waals surface area (Å²) in [7, 11) is 1.56. The van der Waals surface area contributed by atoms with E-state index in [9.17, 15) is 8.78 Å². The molecular formula is C19H21ClF2N4O2. The molecule has 6 nitrogen and oxygen atoms in total. The molecule has 0 fully saturated rings. The number of pyridine rings is 1. The van der Waals surface area contributed by atoms with E-state index < -0.39 is 6.61 Å². The maximum absolute atomic E-state index is 12.7. The topological polar surface area (TPSA) is 62.1 Å². The van der Waals surface area contributed by atoms with Gasteiger partial charge in [0.1, 0.15) is 12.9 Å². The third-order valence-corrected chi connectivity index (χ3v) is 3.68. The molecule has 3 rings (SSSR count). The van der Waals surface area contributed by atoms with Crippen LogP contribution in [0.3, 0.4) is 0 Å². The van der Waals surface area contributed by atoms with Gasteiger partial charge in [-0.25, -0.2) is 14.6 Å². The highest BCUT2D eigenvalue weighted by molar-refractivity contribution is 6.30. The van der Waals surface area contributed by atoms with Crippen LogP contribution in [0.5, 0.6) is 5.88 Å². The number of rotatable bonds is 7. The van der Waals surface area contributed by atoms with Crippen LogP contribution in [0, 0.1) is 0 Å². The Morgan fingerprint density at radius 2 is 1.96 bits per heavy atom. The van der Waals surface area contributed by atoms with E-state index in [0.717, 1.165) is 5.56 Å². The molecule has 0 aliphatic heterocycles. The Balaban J connectivity index is 0.00000136. The summed E-state index contributed by atoms with van der Waals surface area (Å²) in [6, 6.07) is 8.55. The van der Waals surface area contributed by atoms with E-state index in [0.29, 0.717) is 35.1 Å². The van der Waals surface area contributed by atoms with Crippen molar-refractivity contribution in [3.63, 3.8) is 0 Å². The molecule has 0 radical (unpaired) electrons. The summed E-state index contributed by atoms with van der Waals surface area (Å²) in [4.78, 5) is 8.15. The Morgan fingerprint density at radius 1 is 1.18 bits per heavy atom. The molecular weight excluding hydrogens is 390 g/mol. The van der Waals surface area contributed by atoms with E-state index in [2.05, 4.69) is 19.8 Å². The second kappa shape index (κ2) is 10.7. The summed E-state index contributed by atoms with van der Waals surface area (Å²) >= 11 is 6.01. The highest BCUT2D eigenvalue weighted by Crippen LogP contribution is 2.31. The van der Waals surface area contributed by atoms with E-state index >= 15 is 0 Å². The number of hydrogen-bond acceptors (Lipinski definition) is 5. The number of nitrogens with zero attached hydrogens (tertiary/aromatic N) is 4. The number of halogens is 3. The molecule has 150 valence electrons. The average molecular weight is 411 g/mol. The van der Waals surface area contributed by atoms with Crippen molar-refractivity contribution in [2.75, 3.05) is 7.11 Å². The number of aromatic nitrogens is 4. The quantitative estimate of drug-likeness (QED) is 0.559. The van der Waals surface area contributed by atoms with Gasteiger partial charge in [0.2, 0.25) is 5.88 Å². The molecule has 0 amide bonds. The van der Waals surface area contributed by atoms with Crippen molar-refractivity contribution in [1.29, 1.82) is 0 Å². The lowest BCUT2D eigenvalue weighted by Crippen LogP contribution is -2.07. The second-order valence-corrected chi connectivity index (χ2v) is 5.81. The summed E-state index contributed by atoms with van der Waals surface area (Å²) < 4.78 is 36.5. The minimum absolute atomic E-state index is 0.162. The monoisotopic (exact) mass is 410 g/mol. The Bertz CT molecular complexity index is 890. The van der Waals surface area contributed by atoms with Gasteiger partial charge in [0, 0.05) is 23.9 Å². The fourth-order valence-corrected chi connectivity index (χ4v) is 2.61. The number of ether oxygens (including phenoxy) is 2. The zero-order valence-electron chi connectivity index (χ0n) is 15.8. The maximum atomic E-state index is 12.7. The molecule has 1 aromatic carbocycles. The SMILES string of the molecule is CC.COCc1ncn(Cc2cnc(OC(F)F)c(-c3cccc(Cl)c3)c2)n1. The molecule has 9 heteroatoms. The third-order valence-electron chi connectivity index (χ3n) is 3.45. The predicted molar refractivity (Wildman–Crippen MR) is 103 cm³/mol. The number of benzene rings is 1. The number of hydrogen-bond donors (Lipinski definition) is 0. The van der Waals surface area contributed by atoms with Gasteiger partial charge in [0.05, 0.1) is 6.54 Å². The molecule has 0 aliphatic carbocycles. The van der Waals surface area contributed by atoms with Gasteiger partial charge in [-0.05, 0) is 29.3 Å². The lowest BCUT2D eigenvalue weighted by Gasteiger charge is -2.12. The first-order valence-electron chi connectivity index (χ1n) is 8.62. The molecule has 0 aliphatic rings. The van der Waals surface area contributed by atoms with Crippen LogP contribution in [0.2, 0.25) is 5.02 Å². The molecule has 2 heterocycles. The Kier molecular flexibility index (Phi) is 8.28. The van der Waals surface area contributed by atoms with Crippen LogP contribution in [0.1, 0.15) is 25.2 Å². The normalized spacial score (nSPS) is 10.5. The van der Waals surface area contributed by atoms with Crippen LogP contribution in [0.25, 0.3) is 11.1 Å². The molecule has 0 unspecified atom stereocenters. The summed E-state index contributed by atoms with van der Waals surface area (Å²) in [5.41, 5.74) is 1.79. The fraction of sp³-hybridized carbons (Fsp3) is 0.316. The highest BCUT2D eigenvalue weighted by Gasteiger charge is 2.15. The molecule has 0 spiro atoms. The molecule has 0 N–H and O–H groups in total. The van der Waals surface area contributed by atoms with Crippen molar-refractivity contribution >= 4 is 11.6 Å². The fourth-order valence-electron chi connectivity index (χ4n) is 2.41. The number of alkyl halides is 2. The summed E-state index contributed by atoms with van der Waals surface area (Å²) in [5.74, 6) is 0.387. The standard InChI is InChI=1S/C17H15ClF2N4O2.C2H6/c1-25-9-15-22-10-24(23-15)8-11-5-14(12-3-2-4-13(18)6-12)16(21-7-11)26-17(19)20;1-2/h2-7,10,17H,8-9H2,1H3;1-2H3. The van der Waals surface area contributed by atoms with Crippen molar-refractivity contribution in [2.45, 2.75) is 33.6 Å². The van der Waals surface area contributed by atoms with Crippen LogP contribution in [-0.4, -0.2) is 33.5 Å². The predicted octanol–water partition coefficient (Wildman–Crippen LogP) is 4.82. The summed E-state index contributed by atoms with van der Waals surface area (Å²) in [5, 5.41) is 4.75. The highest BCUT2D eigenvalue weighted by atomic mass is 35.5. The van der Waals surface area contributed by atoms with Crippen molar-refractivity contribution in [1.82, 2.24) is 19.7 Å². The molecule has 0 bridgehead atoms. The van der Waals surface area contributed by atoms with Gasteiger partial charge in [-0.1, -0.05) is 37.6 Å². The lowest BCUT2D eigenvalue weighted by molar-refractivity contribution is -0.0524. The van der Waals surface area contributed by atoms with Crippen LogP contribution in [0.4, 0.5) is 8.78 Å². The Morgan fingerprint density at radius 3 is 2.64 bits per heavy atom. The molecule has 0 atom stereocenters. The third kappa shape index (κ3) is 5.97. The van der Waals surface area contributed by atoms with Gasteiger partial charge in [-0.3, -0.25) is 0 Å². The first-order chi connectivity index (χ1) is 13.5. The smallest absolute Gasteiger partial charge is 0.388 e. The van der Waals surface area contributed by atoms with Crippen molar-refractivity contribution < 1.29 is 18.3 Å². The minimum atomic E-state index is -2.97.